The van der Waals surface area contributed by atoms with Gasteiger partial charge in [0.1, 0.15) is 36.3 Å². The molecule has 3 aromatic rings. The number of hydrogen-bond donors (Lipinski definition) is 3. The molecule has 0 bridgehead atoms. The molecule has 4 N–H and O–H groups in total. The quantitative estimate of drug-likeness (QED) is 0.0742. The van der Waals surface area contributed by atoms with Gasteiger partial charge in [0.25, 0.3) is 11.8 Å². The van der Waals surface area contributed by atoms with Crippen LogP contribution in [-0.2, 0) is 25.8 Å². The number of fused-ring (bicyclic) bond motifs is 2. The number of nitrogens with two attached hydrogens (primary N) is 1. The Kier molecular flexibility index (Phi) is 7.69. The molecule has 15 nitrogen and oxygen atoms in total. The predicted octanol–water partition coefficient (Wildman–Crippen LogP) is -2.41. The second-order valence-corrected chi connectivity index (χ2v) is 11.2. The van der Waals surface area contributed by atoms with Gasteiger partial charge in [-0.25, -0.2) is 4.57 Å². The van der Waals surface area contributed by atoms with E-state index in [1.165, 1.54) is 30.6 Å². The van der Waals surface area contributed by atoms with Crippen LogP contribution in [0.1, 0.15) is 5.82 Å². The topological polar surface area (TPSA) is 204 Å². The van der Waals surface area contributed by atoms with Crippen molar-refractivity contribution < 1.29 is 34.0 Å². The maximum absolute atomic E-state index is 13.1. The molecular formula is C21H21N9O6S3. The lowest BCUT2D eigenvalue weighted by atomic mass is 10.0. The highest BCUT2D eigenvalue weighted by molar-refractivity contribution is 8.00. The highest BCUT2D eigenvalue weighted by Gasteiger charge is 2.53. The number of aliphatic hydroxyl groups is 1. The fourth-order valence-corrected chi connectivity index (χ4v) is 6.53. The summed E-state index contributed by atoms with van der Waals surface area (Å²) in [6, 6.07) is 2.66. The molecular weight excluding hydrogens is 570 g/mol. The van der Waals surface area contributed by atoms with Gasteiger partial charge >= 0.3 is 5.65 Å². The summed E-state index contributed by atoms with van der Waals surface area (Å²) in [6.45, 7) is 0.224. The van der Waals surface area contributed by atoms with Gasteiger partial charge in [-0.1, -0.05) is 10.3 Å². The number of oxime groups is 1. The summed E-state index contributed by atoms with van der Waals surface area (Å²) < 4.78 is 7.42. The smallest absolute Gasteiger partial charge is 0.307 e. The molecule has 1 saturated heterocycles. The number of aliphatic carboxylic acids is 1. The zero-order chi connectivity index (χ0) is 27.7. The third-order valence-electron chi connectivity index (χ3n) is 5.78. The molecule has 0 saturated carbocycles. The molecule has 0 radical (unpaired) electrons. The SMILES string of the molecule is CO/N=C(\C(=O)N[C@@H]1C(=O)N2C(C(=O)[O-])=C(C[n+]3ccn4nc(SCCO)ccc43)CS[C@H]12)c1nsc(N)n1. The van der Waals surface area contributed by atoms with Crippen molar-refractivity contribution in [2.24, 2.45) is 5.16 Å². The first-order valence-electron chi connectivity index (χ1n) is 11.3. The van der Waals surface area contributed by atoms with Crippen LogP contribution in [0.5, 0.6) is 0 Å². The van der Waals surface area contributed by atoms with Gasteiger partial charge in [-0.3, -0.25) is 14.5 Å². The number of β-lactam (4-membered cyclic amide) rings is 1. The van der Waals surface area contributed by atoms with Gasteiger partial charge in [-0.05, 0) is 6.07 Å². The van der Waals surface area contributed by atoms with E-state index in [-0.39, 0.29) is 41.3 Å². The minimum Gasteiger partial charge on any atom is -0.543 e. The van der Waals surface area contributed by atoms with Crippen LogP contribution < -0.4 is 20.7 Å². The van der Waals surface area contributed by atoms with Crippen molar-refractivity contribution in [2.75, 3.05) is 31.0 Å². The number of carbonyl (C=O) groups is 3. The zero-order valence-corrected chi connectivity index (χ0v) is 22.7. The second kappa shape index (κ2) is 11.2. The molecule has 5 heterocycles. The number of carboxylic acids is 1. The van der Waals surface area contributed by atoms with Crippen molar-refractivity contribution in [3.05, 3.63) is 41.6 Å². The zero-order valence-electron chi connectivity index (χ0n) is 20.2. The average Bonchev–Trinajstić information content (AvgIpc) is 3.54. The van der Waals surface area contributed by atoms with Gasteiger partial charge in [-0.15, -0.1) is 28.0 Å². The number of nitrogens with zero attached hydrogens (tertiary/aromatic N) is 7. The van der Waals surface area contributed by atoms with Gasteiger partial charge in [0.05, 0.1) is 18.3 Å². The number of imidazole rings is 1. The number of anilines is 1. The van der Waals surface area contributed by atoms with E-state index in [0.717, 1.165) is 21.5 Å². The number of hydrogen-bond acceptors (Lipinski definition) is 14. The third-order valence-corrected chi connectivity index (χ3v) is 8.56. The lowest BCUT2D eigenvalue weighted by molar-refractivity contribution is -0.662. The minimum atomic E-state index is -1.48. The van der Waals surface area contributed by atoms with Gasteiger partial charge < -0.3 is 30.9 Å². The molecule has 1 fully saturated rings. The summed E-state index contributed by atoms with van der Waals surface area (Å²) in [5, 5.41) is 32.1. The molecule has 2 atom stereocenters. The highest BCUT2D eigenvalue weighted by atomic mass is 32.2. The van der Waals surface area contributed by atoms with Crippen molar-refractivity contribution >= 4 is 69.3 Å². The molecule has 0 spiro atoms. The monoisotopic (exact) mass is 591 g/mol. The Bertz CT molecular complexity index is 1520. The summed E-state index contributed by atoms with van der Waals surface area (Å²) in [5.41, 5.74) is 6.30. The molecule has 5 rings (SSSR count). The van der Waals surface area contributed by atoms with Crippen LogP contribution in [0.4, 0.5) is 5.13 Å². The Hall–Kier alpha value is -3.74. The number of carbonyl (C=O) groups excluding carboxylic acids is 3. The van der Waals surface area contributed by atoms with E-state index >= 15 is 0 Å². The average molecular weight is 592 g/mol. The molecule has 0 aromatic carbocycles. The molecule has 0 aliphatic carbocycles. The Labute approximate surface area is 232 Å². The first kappa shape index (κ1) is 26.9. The lowest BCUT2D eigenvalue weighted by Crippen LogP contribution is -2.71. The largest absolute Gasteiger partial charge is 0.543 e. The predicted molar refractivity (Wildman–Crippen MR) is 138 cm³/mol. The van der Waals surface area contributed by atoms with Crippen LogP contribution in [0.15, 0.2) is 46.0 Å². The Balaban J connectivity index is 1.34. The number of nitrogen functional groups attached to an aromatic ring is 1. The van der Waals surface area contributed by atoms with Crippen molar-refractivity contribution in [1.29, 1.82) is 0 Å². The van der Waals surface area contributed by atoms with Gasteiger partial charge in [0.2, 0.25) is 11.5 Å². The van der Waals surface area contributed by atoms with Crippen molar-refractivity contribution in [3.8, 4) is 0 Å². The van der Waals surface area contributed by atoms with Crippen molar-refractivity contribution in [1.82, 2.24) is 29.2 Å². The number of carboxylic acid groups (broad SMARTS) is 1. The van der Waals surface area contributed by atoms with Crippen LogP contribution >= 0.6 is 35.1 Å². The summed E-state index contributed by atoms with van der Waals surface area (Å²) in [7, 11) is 1.24. The Morgan fingerprint density at radius 3 is 2.95 bits per heavy atom. The first-order valence-corrected chi connectivity index (χ1v) is 14.1. The molecule has 2 amide bonds. The van der Waals surface area contributed by atoms with Crippen LogP contribution in [0.3, 0.4) is 0 Å². The Morgan fingerprint density at radius 1 is 1.44 bits per heavy atom. The standard InChI is InChI=1S/C21H21N9O6S3/c1-36-26-13(16-24-21(22)39-27-16)17(32)23-14-18(33)30-15(20(34)35)10(9-38-19(14)30)8-28-4-5-29-12(28)3-2-11(25-29)37-7-6-31/h2-5,14,19,31H,6-9H2,1H3,(H3-,22,23,24,27,32,34,35)/b26-13-/t14-,19-/m1/s1. The normalized spacial score (nSPS) is 19.2. The van der Waals surface area contributed by atoms with Gasteiger partial charge in [0, 0.05) is 34.7 Å². The highest BCUT2D eigenvalue weighted by Crippen LogP contribution is 2.40. The van der Waals surface area contributed by atoms with Crippen molar-refractivity contribution in [2.45, 2.75) is 23.0 Å². The molecule has 2 aliphatic rings. The van der Waals surface area contributed by atoms with Crippen molar-refractivity contribution in [3.63, 3.8) is 0 Å². The van der Waals surface area contributed by atoms with E-state index in [4.69, 9.17) is 15.7 Å². The van der Waals surface area contributed by atoms with Crippen LogP contribution in [-0.4, -0.2) is 89.1 Å². The number of thioether (sulfide) groups is 2. The fraction of sp³-hybridized carbons (Fsp3) is 0.333. The fourth-order valence-electron chi connectivity index (χ4n) is 4.15. The third kappa shape index (κ3) is 5.14. The lowest BCUT2D eigenvalue weighted by Gasteiger charge is -2.50. The Morgan fingerprint density at radius 2 is 2.26 bits per heavy atom. The maximum Gasteiger partial charge on any atom is 0.307 e. The number of nitrogens with one attached hydrogen (secondary N) is 1. The number of aliphatic hydroxyl groups excluding tert-OH is 1. The first-order chi connectivity index (χ1) is 18.8. The minimum absolute atomic E-state index is 0.0364. The summed E-state index contributed by atoms with van der Waals surface area (Å²) in [6.07, 6.45) is 3.50. The molecule has 3 aromatic heterocycles. The van der Waals surface area contributed by atoms with Gasteiger partial charge in [-0.2, -0.15) is 9.36 Å². The van der Waals surface area contributed by atoms with E-state index in [9.17, 15) is 19.5 Å². The molecule has 18 heteroatoms. The van der Waals surface area contributed by atoms with Crippen LogP contribution in [0.25, 0.3) is 5.65 Å². The van der Waals surface area contributed by atoms with Crippen LogP contribution in [0.2, 0.25) is 0 Å². The van der Waals surface area contributed by atoms with E-state index in [0.29, 0.717) is 17.0 Å². The van der Waals surface area contributed by atoms with Gasteiger partial charge in [0.15, 0.2) is 11.3 Å². The number of aromatic nitrogens is 5. The van der Waals surface area contributed by atoms with Crippen LogP contribution in [0, 0.1) is 0 Å². The maximum atomic E-state index is 13.1. The van der Waals surface area contributed by atoms with E-state index in [2.05, 4.69) is 24.9 Å². The molecule has 39 heavy (non-hydrogen) atoms. The molecule has 0 unspecified atom stereocenters. The van der Waals surface area contributed by atoms with E-state index < -0.39 is 29.2 Å². The second-order valence-electron chi connectivity index (χ2n) is 8.15. The number of amides is 2. The van der Waals surface area contributed by atoms with E-state index in [1.54, 1.807) is 16.9 Å². The summed E-state index contributed by atoms with van der Waals surface area (Å²) in [5.74, 6) is -2.10. The summed E-state index contributed by atoms with van der Waals surface area (Å²) >= 11 is 3.60. The molecule has 204 valence electrons. The van der Waals surface area contributed by atoms with E-state index in [1.807, 2.05) is 16.7 Å². The molecule has 2 aliphatic heterocycles. The number of rotatable bonds is 10. The summed E-state index contributed by atoms with van der Waals surface area (Å²) in [4.78, 5) is 47.9.